The largest absolute Gasteiger partial charge is 0.493 e. The number of nitrogens with zero attached hydrogens (tertiary/aromatic N) is 1. The van der Waals surface area contributed by atoms with Gasteiger partial charge in [-0.1, -0.05) is 24.3 Å². The summed E-state index contributed by atoms with van der Waals surface area (Å²) in [5, 5.41) is 9.83. The molecule has 7 heteroatoms. The summed E-state index contributed by atoms with van der Waals surface area (Å²) in [6.07, 6.45) is 1.35. The Morgan fingerprint density at radius 1 is 1.07 bits per heavy atom. The third kappa shape index (κ3) is 3.86. The number of hydrogen-bond acceptors (Lipinski definition) is 7. The first-order chi connectivity index (χ1) is 13.5. The van der Waals surface area contributed by atoms with Gasteiger partial charge >= 0.3 is 11.9 Å². The zero-order valence-electron chi connectivity index (χ0n) is 15.1. The van der Waals surface area contributed by atoms with Crippen LogP contribution in [0.2, 0.25) is 0 Å². The summed E-state index contributed by atoms with van der Waals surface area (Å²) < 4.78 is 20.7. The van der Waals surface area contributed by atoms with E-state index in [1.54, 1.807) is 30.3 Å². The van der Waals surface area contributed by atoms with E-state index in [0.29, 0.717) is 11.1 Å². The second-order valence-electron chi connectivity index (χ2n) is 5.61. The highest BCUT2D eigenvalue weighted by molar-refractivity contribution is 5.98. The van der Waals surface area contributed by atoms with Gasteiger partial charge in [-0.05, 0) is 35.9 Å². The average Bonchev–Trinajstić information content (AvgIpc) is 3.16. The molecular formula is C21H15NO6. The van der Waals surface area contributed by atoms with E-state index in [1.807, 2.05) is 12.1 Å². The first-order valence-electron chi connectivity index (χ1n) is 8.14. The highest BCUT2D eigenvalue weighted by Crippen LogP contribution is 2.30. The van der Waals surface area contributed by atoms with Crippen LogP contribution in [0.3, 0.4) is 0 Å². The fourth-order valence-corrected chi connectivity index (χ4v) is 2.50. The van der Waals surface area contributed by atoms with E-state index in [2.05, 4.69) is 4.74 Å². The van der Waals surface area contributed by atoms with Crippen LogP contribution in [0.4, 0.5) is 0 Å². The average molecular weight is 377 g/mol. The molecule has 0 unspecified atom stereocenters. The molecule has 1 heterocycles. The number of benzene rings is 2. The van der Waals surface area contributed by atoms with Gasteiger partial charge in [0.25, 0.3) is 0 Å². The molecule has 0 atom stereocenters. The molecule has 0 aliphatic carbocycles. The molecule has 0 radical (unpaired) electrons. The zero-order valence-corrected chi connectivity index (χ0v) is 15.1. The molecule has 0 fully saturated rings. The van der Waals surface area contributed by atoms with Gasteiger partial charge in [0.05, 0.1) is 14.2 Å². The van der Waals surface area contributed by atoms with Gasteiger partial charge in [0, 0.05) is 5.39 Å². The molecule has 0 bridgehead atoms. The van der Waals surface area contributed by atoms with Gasteiger partial charge in [0.2, 0.25) is 5.76 Å². The van der Waals surface area contributed by atoms with Crippen molar-refractivity contribution in [3.8, 4) is 17.6 Å². The van der Waals surface area contributed by atoms with Crippen molar-refractivity contribution < 1.29 is 28.2 Å². The topological polar surface area (TPSA) is 98.8 Å². The number of furan rings is 1. The predicted molar refractivity (Wildman–Crippen MR) is 99.8 cm³/mol. The minimum atomic E-state index is -0.748. The number of methoxy groups -OCH3 is 2. The van der Waals surface area contributed by atoms with Crippen LogP contribution in [0.5, 0.6) is 11.5 Å². The summed E-state index contributed by atoms with van der Waals surface area (Å²) in [6, 6.07) is 15.2. The Balaban J connectivity index is 1.86. The number of hydrogen-bond donors (Lipinski definition) is 0. The molecule has 28 heavy (non-hydrogen) atoms. The van der Waals surface area contributed by atoms with Crippen molar-refractivity contribution in [2.45, 2.75) is 0 Å². The number of ether oxygens (including phenoxy) is 3. The first-order valence-corrected chi connectivity index (χ1v) is 8.14. The Hall–Kier alpha value is -4.05. The minimum absolute atomic E-state index is 0.0599. The number of carbonyl (C=O) groups is 2. The number of rotatable bonds is 5. The van der Waals surface area contributed by atoms with E-state index in [0.717, 1.165) is 5.39 Å². The molecule has 0 saturated heterocycles. The molecule has 0 spiro atoms. The van der Waals surface area contributed by atoms with Crippen LogP contribution in [0.1, 0.15) is 16.1 Å². The summed E-state index contributed by atoms with van der Waals surface area (Å²) in [4.78, 5) is 23.9. The third-order valence-electron chi connectivity index (χ3n) is 3.85. The van der Waals surface area contributed by atoms with Gasteiger partial charge in [-0.2, -0.15) is 5.26 Å². The maximum absolute atomic E-state index is 12.4. The van der Waals surface area contributed by atoms with Crippen LogP contribution in [-0.2, 0) is 9.53 Å². The van der Waals surface area contributed by atoms with Crippen LogP contribution in [0, 0.1) is 11.3 Å². The molecule has 0 N–H and O–H groups in total. The molecule has 0 saturated carbocycles. The standard InChI is InChI=1S/C21H15NO6/c1-25-18-10-13(9-15(12-22)20(23)26-2)7-8-17(18)28-21(24)19-11-14-5-3-4-6-16(14)27-19/h3-11H,1-2H3. The van der Waals surface area contributed by atoms with Gasteiger partial charge < -0.3 is 18.6 Å². The number of esters is 2. The van der Waals surface area contributed by atoms with Crippen LogP contribution in [0.15, 0.2) is 58.5 Å². The molecule has 7 nitrogen and oxygen atoms in total. The summed E-state index contributed by atoms with van der Waals surface area (Å²) in [5.74, 6) is -0.946. The van der Waals surface area contributed by atoms with E-state index < -0.39 is 11.9 Å². The SMILES string of the molecule is COC(=O)C(C#N)=Cc1ccc(OC(=O)c2cc3ccccc3o2)c(OC)c1. The molecule has 0 amide bonds. The number of nitriles is 1. The quantitative estimate of drug-likeness (QED) is 0.289. The van der Waals surface area contributed by atoms with Crippen molar-refractivity contribution in [1.29, 1.82) is 5.26 Å². The van der Waals surface area contributed by atoms with E-state index >= 15 is 0 Å². The molecule has 3 rings (SSSR count). The molecule has 140 valence electrons. The van der Waals surface area contributed by atoms with Crippen LogP contribution in [-0.4, -0.2) is 26.2 Å². The summed E-state index contributed by atoms with van der Waals surface area (Å²) in [5.41, 5.74) is 0.910. The Kier molecular flexibility index (Phi) is 5.42. The number of carbonyl (C=O) groups excluding carboxylic acids is 2. The van der Waals surface area contributed by atoms with E-state index in [1.165, 1.54) is 32.4 Å². The highest BCUT2D eigenvalue weighted by Gasteiger charge is 2.17. The van der Waals surface area contributed by atoms with Crippen molar-refractivity contribution in [3.05, 3.63) is 65.4 Å². The second-order valence-corrected chi connectivity index (χ2v) is 5.61. The fraction of sp³-hybridized carbons (Fsp3) is 0.0952. The number of fused-ring (bicyclic) bond motifs is 1. The Bertz CT molecular complexity index is 1090. The molecule has 1 aromatic heterocycles. The van der Waals surface area contributed by atoms with Crippen molar-refractivity contribution in [2.75, 3.05) is 14.2 Å². The van der Waals surface area contributed by atoms with Crippen LogP contribution < -0.4 is 9.47 Å². The highest BCUT2D eigenvalue weighted by atomic mass is 16.6. The smallest absolute Gasteiger partial charge is 0.379 e. The predicted octanol–water partition coefficient (Wildman–Crippen LogP) is 3.74. The van der Waals surface area contributed by atoms with Gasteiger partial charge in [-0.15, -0.1) is 0 Å². The Labute approximate surface area is 160 Å². The van der Waals surface area contributed by atoms with Gasteiger partial charge in [0.1, 0.15) is 17.2 Å². The normalized spacial score (nSPS) is 11.0. The molecule has 0 aliphatic rings. The summed E-state index contributed by atoms with van der Waals surface area (Å²) >= 11 is 0. The Morgan fingerprint density at radius 2 is 1.86 bits per heavy atom. The molecule has 3 aromatic rings. The van der Waals surface area contributed by atoms with Gasteiger partial charge in [-0.25, -0.2) is 9.59 Å². The molecule has 0 aliphatic heterocycles. The second kappa shape index (κ2) is 8.10. The van der Waals surface area contributed by atoms with Gasteiger partial charge in [-0.3, -0.25) is 0 Å². The van der Waals surface area contributed by atoms with E-state index in [-0.39, 0.29) is 22.8 Å². The Morgan fingerprint density at radius 3 is 2.54 bits per heavy atom. The lowest BCUT2D eigenvalue weighted by Crippen LogP contribution is -2.08. The maximum Gasteiger partial charge on any atom is 0.379 e. The number of para-hydroxylation sites is 1. The van der Waals surface area contributed by atoms with Crippen molar-refractivity contribution in [1.82, 2.24) is 0 Å². The van der Waals surface area contributed by atoms with Gasteiger partial charge in [0.15, 0.2) is 11.5 Å². The van der Waals surface area contributed by atoms with Crippen molar-refractivity contribution in [3.63, 3.8) is 0 Å². The molecule has 2 aromatic carbocycles. The maximum atomic E-state index is 12.4. The summed E-state index contributed by atoms with van der Waals surface area (Å²) in [7, 11) is 2.60. The lowest BCUT2D eigenvalue weighted by atomic mass is 10.1. The van der Waals surface area contributed by atoms with E-state index in [9.17, 15) is 9.59 Å². The zero-order chi connectivity index (χ0) is 20.1. The first kappa shape index (κ1) is 18.7. The van der Waals surface area contributed by atoms with Crippen LogP contribution in [0.25, 0.3) is 17.0 Å². The monoisotopic (exact) mass is 377 g/mol. The molecular weight excluding hydrogens is 362 g/mol. The van der Waals surface area contributed by atoms with Crippen LogP contribution >= 0.6 is 0 Å². The fourth-order valence-electron chi connectivity index (χ4n) is 2.50. The van der Waals surface area contributed by atoms with Crippen molar-refractivity contribution in [2.24, 2.45) is 0 Å². The lowest BCUT2D eigenvalue weighted by molar-refractivity contribution is -0.135. The van der Waals surface area contributed by atoms with E-state index in [4.69, 9.17) is 19.2 Å². The minimum Gasteiger partial charge on any atom is -0.493 e. The van der Waals surface area contributed by atoms with Crippen molar-refractivity contribution >= 4 is 29.0 Å². The summed E-state index contributed by atoms with van der Waals surface area (Å²) in [6.45, 7) is 0. The lowest BCUT2D eigenvalue weighted by Gasteiger charge is -2.09. The third-order valence-corrected chi connectivity index (χ3v) is 3.85.